The Labute approximate surface area is 120 Å². The maximum absolute atomic E-state index is 12.1. The van der Waals surface area contributed by atoms with Crippen molar-refractivity contribution in [1.29, 1.82) is 0 Å². The smallest absolute Gasteiger partial charge is 0.251 e. The minimum Gasteiger partial charge on any atom is -0.491 e. The monoisotopic (exact) mass is 277 g/mol. The van der Waals surface area contributed by atoms with Crippen LogP contribution in [0.4, 0.5) is 0 Å². The highest BCUT2D eigenvalue weighted by Gasteiger charge is 2.24. The third-order valence-electron chi connectivity index (χ3n) is 3.53. The average molecular weight is 277 g/mol. The predicted molar refractivity (Wildman–Crippen MR) is 77.9 cm³/mol. The Morgan fingerprint density at radius 2 is 1.90 bits per heavy atom. The molecule has 2 atom stereocenters. The molecular formula is C16H23NO3. The summed E-state index contributed by atoms with van der Waals surface area (Å²) in [6, 6.07) is 6.98. The summed E-state index contributed by atoms with van der Waals surface area (Å²) in [4.78, 5) is 12.1. The van der Waals surface area contributed by atoms with Crippen molar-refractivity contribution in [2.75, 3.05) is 0 Å². The van der Waals surface area contributed by atoms with Crippen molar-refractivity contribution in [3.05, 3.63) is 29.8 Å². The molecule has 0 unspecified atom stereocenters. The average Bonchev–Trinajstić information content (AvgIpc) is 2.41. The molecule has 0 aromatic heterocycles. The molecule has 0 saturated heterocycles. The first-order valence-electron chi connectivity index (χ1n) is 7.32. The number of hydrogen-bond acceptors (Lipinski definition) is 3. The van der Waals surface area contributed by atoms with Crippen LogP contribution in [0.15, 0.2) is 24.3 Å². The van der Waals surface area contributed by atoms with Crippen LogP contribution in [0.3, 0.4) is 0 Å². The fourth-order valence-electron chi connectivity index (χ4n) is 2.49. The largest absolute Gasteiger partial charge is 0.491 e. The number of rotatable bonds is 4. The number of nitrogens with one attached hydrogen (secondary N) is 1. The van der Waals surface area contributed by atoms with Gasteiger partial charge in [0.25, 0.3) is 5.91 Å². The molecule has 2 rings (SSSR count). The molecule has 0 spiro atoms. The lowest BCUT2D eigenvalue weighted by Crippen LogP contribution is -2.45. The third-order valence-corrected chi connectivity index (χ3v) is 3.53. The molecule has 1 amide bonds. The number of aliphatic hydroxyl groups excluding tert-OH is 1. The van der Waals surface area contributed by atoms with Crippen LogP contribution in [0.2, 0.25) is 0 Å². The van der Waals surface area contributed by atoms with Crippen LogP contribution in [-0.2, 0) is 0 Å². The van der Waals surface area contributed by atoms with Gasteiger partial charge >= 0.3 is 0 Å². The van der Waals surface area contributed by atoms with E-state index < -0.39 is 6.10 Å². The van der Waals surface area contributed by atoms with Crippen molar-refractivity contribution in [2.45, 2.75) is 57.8 Å². The summed E-state index contributed by atoms with van der Waals surface area (Å²) in [5.41, 5.74) is 0.596. The quantitative estimate of drug-likeness (QED) is 0.889. The predicted octanol–water partition coefficient (Wildman–Crippen LogP) is 2.51. The van der Waals surface area contributed by atoms with E-state index in [9.17, 15) is 9.90 Å². The Balaban J connectivity index is 1.95. The van der Waals surface area contributed by atoms with Crippen LogP contribution in [0.25, 0.3) is 0 Å². The number of benzene rings is 1. The maximum atomic E-state index is 12.1. The lowest BCUT2D eigenvalue weighted by atomic mass is 9.92. The maximum Gasteiger partial charge on any atom is 0.251 e. The molecule has 20 heavy (non-hydrogen) atoms. The normalized spacial score (nSPS) is 22.6. The minimum atomic E-state index is -0.420. The molecule has 1 aliphatic carbocycles. The highest BCUT2D eigenvalue weighted by Crippen LogP contribution is 2.19. The molecule has 1 aliphatic rings. The standard InChI is InChI=1S/C16H23NO3/c1-11(2)20-13-9-7-12(8-10-13)16(19)17-14-5-3-4-6-15(14)18/h7-11,14-15,18H,3-6H2,1-2H3,(H,17,19)/t14-,15-/m1/s1. The Bertz CT molecular complexity index is 442. The van der Waals surface area contributed by atoms with Crippen LogP contribution in [0.1, 0.15) is 49.9 Å². The third kappa shape index (κ3) is 3.97. The number of carbonyl (C=O) groups excluding carboxylic acids is 1. The Morgan fingerprint density at radius 1 is 1.25 bits per heavy atom. The van der Waals surface area contributed by atoms with Gasteiger partial charge in [-0.1, -0.05) is 12.8 Å². The van der Waals surface area contributed by atoms with E-state index in [4.69, 9.17) is 4.74 Å². The molecule has 1 saturated carbocycles. The highest BCUT2D eigenvalue weighted by atomic mass is 16.5. The number of ether oxygens (including phenoxy) is 1. The van der Waals surface area contributed by atoms with E-state index in [0.29, 0.717) is 5.56 Å². The molecular weight excluding hydrogens is 254 g/mol. The summed E-state index contributed by atoms with van der Waals surface area (Å²) in [6.07, 6.45) is 3.41. The number of amides is 1. The summed E-state index contributed by atoms with van der Waals surface area (Å²) in [6.45, 7) is 3.93. The van der Waals surface area contributed by atoms with Gasteiger partial charge in [0.1, 0.15) is 5.75 Å². The van der Waals surface area contributed by atoms with E-state index in [1.54, 1.807) is 24.3 Å². The van der Waals surface area contributed by atoms with Crippen LogP contribution in [0, 0.1) is 0 Å². The van der Waals surface area contributed by atoms with Gasteiger partial charge in [0, 0.05) is 5.56 Å². The van der Waals surface area contributed by atoms with Crippen molar-refractivity contribution < 1.29 is 14.6 Å². The number of aliphatic hydroxyl groups is 1. The Kier molecular flexibility index (Phi) is 5.01. The van der Waals surface area contributed by atoms with E-state index in [2.05, 4.69) is 5.32 Å². The molecule has 1 aromatic rings. The van der Waals surface area contributed by atoms with E-state index >= 15 is 0 Å². The summed E-state index contributed by atoms with van der Waals surface area (Å²) < 4.78 is 5.54. The summed E-state index contributed by atoms with van der Waals surface area (Å²) in [5, 5.41) is 12.8. The topological polar surface area (TPSA) is 58.6 Å². The fraction of sp³-hybridized carbons (Fsp3) is 0.562. The van der Waals surface area contributed by atoms with Crippen LogP contribution >= 0.6 is 0 Å². The number of hydrogen-bond donors (Lipinski definition) is 2. The van der Waals surface area contributed by atoms with E-state index in [1.165, 1.54) is 0 Å². The number of carbonyl (C=O) groups is 1. The van der Waals surface area contributed by atoms with Crippen LogP contribution < -0.4 is 10.1 Å². The zero-order chi connectivity index (χ0) is 14.5. The van der Waals surface area contributed by atoms with Gasteiger partial charge in [-0.25, -0.2) is 0 Å². The van der Waals surface area contributed by atoms with E-state index in [-0.39, 0.29) is 18.1 Å². The van der Waals surface area contributed by atoms with Crippen LogP contribution in [0.5, 0.6) is 5.75 Å². The van der Waals surface area contributed by atoms with Gasteiger partial charge in [-0.15, -0.1) is 0 Å². The highest BCUT2D eigenvalue weighted by molar-refractivity contribution is 5.94. The Hall–Kier alpha value is -1.55. The second-order valence-corrected chi connectivity index (χ2v) is 5.62. The molecule has 110 valence electrons. The van der Waals surface area contributed by atoms with Crippen molar-refractivity contribution >= 4 is 5.91 Å². The zero-order valence-electron chi connectivity index (χ0n) is 12.1. The molecule has 0 aliphatic heterocycles. The lowest BCUT2D eigenvalue weighted by molar-refractivity contribution is 0.0717. The van der Waals surface area contributed by atoms with Crippen molar-refractivity contribution in [1.82, 2.24) is 5.32 Å². The Morgan fingerprint density at radius 3 is 2.50 bits per heavy atom. The molecule has 4 heteroatoms. The van der Waals surface area contributed by atoms with Gasteiger partial charge in [-0.3, -0.25) is 4.79 Å². The first-order valence-corrected chi connectivity index (χ1v) is 7.32. The van der Waals surface area contributed by atoms with Crippen LogP contribution in [-0.4, -0.2) is 29.3 Å². The molecule has 0 bridgehead atoms. The summed E-state index contributed by atoms with van der Waals surface area (Å²) >= 11 is 0. The molecule has 1 fully saturated rings. The SMILES string of the molecule is CC(C)Oc1ccc(C(=O)N[C@@H]2CCCC[C@H]2O)cc1. The molecule has 4 nitrogen and oxygen atoms in total. The van der Waals surface area contributed by atoms with Gasteiger partial charge in [0.2, 0.25) is 0 Å². The molecule has 0 radical (unpaired) electrons. The summed E-state index contributed by atoms with van der Waals surface area (Å²) in [7, 11) is 0. The second-order valence-electron chi connectivity index (χ2n) is 5.62. The second kappa shape index (κ2) is 6.75. The van der Waals surface area contributed by atoms with Crippen molar-refractivity contribution in [2.24, 2.45) is 0 Å². The van der Waals surface area contributed by atoms with Gasteiger partial charge < -0.3 is 15.2 Å². The van der Waals surface area contributed by atoms with Gasteiger partial charge in [-0.05, 0) is 51.0 Å². The lowest BCUT2D eigenvalue weighted by Gasteiger charge is -2.28. The fourth-order valence-corrected chi connectivity index (χ4v) is 2.49. The zero-order valence-corrected chi connectivity index (χ0v) is 12.1. The molecule has 1 aromatic carbocycles. The minimum absolute atomic E-state index is 0.118. The van der Waals surface area contributed by atoms with E-state index in [0.717, 1.165) is 31.4 Å². The van der Waals surface area contributed by atoms with E-state index in [1.807, 2.05) is 13.8 Å². The van der Waals surface area contributed by atoms with Gasteiger partial charge in [0.15, 0.2) is 0 Å². The summed E-state index contributed by atoms with van der Waals surface area (Å²) in [5.74, 6) is 0.626. The first kappa shape index (κ1) is 14.9. The van der Waals surface area contributed by atoms with Crippen molar-refractivity contribution in [3.63, 3.8) is 0 Å². The first-order chi connectivity index (χ1) is 9.56. The van der Waals surface area contributed by atoms with Gasteiger partial charge in [-0.2, -0.15) is 0 Å². The van der Waals surface area contributed by atoms with Crippen molar-refractivity contribution in [3.8, 4) is 5.75 Å². The van der Waals surface area contributed by atoms with Gasteiger partial charge in [0.05, 0.1) is 18.2 Å². The molecule has 2 N–H and O–H groups in total. The molecule has 0 heterocycles.